The van der Waals surface area contributed by atoms with Crippen LogP contribution < -0.4 is 5.73 Å². The highest BCUT2D eigenvalue weighted by atomic mass is 19.1. The molecule has 0 fully saturated rings. The van der Waals surface area contributed by atoms with Crippen molar-refractivity contribution in [3.8, 4) is 22.9 Å². The van der Waals surface area contributed by atoms with Crippen LogP contribution in [-0.2, 0) is 6.42 Å². The minimum Gasteiger partial charge on any atom is -0.383 e. The van der Waals surface area contributed by atoms with Crippen molar-refractivity contribution in [2.45, 2.75) is 26.4 Å². The second kappa shape index (κ2) is 8.51. The van der Waals surface area contributed by atoms with Gasteiger partial charge in [0.25, 0.3) is 0 Å². The van der Waals surface area contributed by atoms with Crippen LogP contribution >= 0.6 is 0 Å². The Morgan fingerprint density at radius 3 is 2.65 bits per heavy atom. The number of aromatic nitrogens is 6. The molecule has 6 rings (SSSR count). The van der Waals surface area contributed by atoms with Crippen molar-refractivity contribution in [2.75, 3.05) is 5.73 Å². The van der Waals surface area contributed by atoms with E-state index in [9.17, 15) is 9.18 Å². The van der Waals surface area contributed by atoms with E-state index in [4.69, 9.17) is 15.7 Å². The Morgan fingerprint density at radius 2 is 1.88 bits per heavy atom. The largest absolute Gasteiger partial charge is 0.383 e. The smallest absolute Gasteiger partial charge is 0.197 e. The van der Waals surface area contributed by atoms with Gasteiger partial charge in [0.1, 0.15) is 11.3 Å². The molecule has 1 atom stereocenters. The summed E-state index contributed by atoms with van der Waals surface area (Å²) in [5.41, 5.74) is 9.82. The van der Waals surface area contributed by atoms with Gasteiger partial charge < -0.3 is 5.73 Å². The number of nitrogens with two attached hydrogens (primary N) is 1. The first-order valence-electron chi connectivity index (χ1n) is 11.0. The summed E-state index contributed by atoms with van der Waals surface area (Å²) >= 11 is 0. The molecular formula is C25H22FN7O. The van der Waals surface area contributed by atoms with Gasteiger partial charge in [-0.25, -0.2) is 24.0 Å². The quantitative estimate of drug-likeness (QED) is 0.434. The number of rotatable bonds is 3. The van der Waals surface area contributed by atoms with Crippen molar-refractivity contribution in [1.82, 2.24) is 29.3 Å². The monoisotopic (exact) mass is 455 g/mol. The number of Topliss-reactive ketones (excluding diaryl/α,β-unsaturated/α-hetero) is 1. The number of hydrogen-bond acceptors (Lipinski definition) is 6. The first-order valence-corrected chi connectivity index (χ1v) is 11.0. The van der Waals surface area contributed by atoms with Gasteiger partial charge in [-0.15, -0.1) is 0 Å². The van der Waals surface area contributed by atoms with Gasteiger partial charge in [-0.1, -0.05) is 13.8 Å². The predicted octanol–water partition coefficient (Wildman–Crippen LogP) is 4.35. The van der Waals surface area contributed by atoms with Gasteiger partial charge in [-0.05, 0) is 54.1 Å². The van der Waals surface area contributed by atoms with Crippen molar-refractivity contribution in [2.24, 2.45) is 0 Å². The molecule has 1 aliphatic carbocycles. The molecule has 0 spiro atoms. The molecule has 0 bridgehead atoms. The highest BCUT2D eigenvalue weighted by Crippen LogP contribution is 2.33. The minimum atomic E-state index is -1.50. The molecule has 0 aliphatic heterocycles. The highest BCUT2D eigenvalue weighted by molar-refractivity contribution is 6.04. The van der Waals surface area contributed by atoms with Gasteiger partial charge in [0, 0.05) is 36.3 Å². The van der Waals surface area contributed by atoms with E-state index in [2.05, 4.69) is 10.1 Å². The van der Waals surface area contributed by atoms with Gasteiger partial charge in [0.05, 0.1) is 5.56 Å². The van der Waals surface area contributed by atoms with Crippen LogP contribution in [0.25, 0.3) is 34.1 Å². The summed E-state index contributed by atoms with van der Waals surface area (Å²) in [4.78, 5) is 25.8. The van der Waals surface area contributed by atoms with Gasteiger partial charge in [0.15, 0.2) is 29.2 Å². The molecule has 8 nitrogen and oxygen atoms in total. The normalized spacial score (nSPS) is 14.7. The molecule has 2 N–H and O–H groups in total. The van der Waals surface area contributed by atoms with Crippen molar-refractivity contribution in [3.05, 3.63) is 78.2 Å². The second-order valence-electron chi connectivity index (χ2n) is 7.55. The molecule has 4 aromatic heterocycles. The molecule has 1 unspecified atom stereocenters. The zero-order valence-electron chi connectivity index (χ0n) is 18.7. The molecule has 5 aromatic rings. The Kier molecular flexibility index (Phi) is 5.37. The lowest BCUT2D eigenvalue weighted by atomic mass is 10.1. The van der Waals surface area contributed by atoms with Crippen molar-refractivity contribution in [1.29, 1.82) is 0 Å². The van der Waals surface area contributed by atoms with Crippen molar-refractivity contribution >= 4 is 22.8 Å². The lowest BCUT2D eigenvalue weighted by Gasteiger charge is -2.12. The fourth-order valence-corrected chi connectivity index (χ4v) is 4.09. The number of imidazole rings is 1. The number of ketones is 1. The standard InChI is InChI=1S/C23H16FN7O.C2H6/c24-17-12-13-11-14(4-5-15(13)20(17)32)31-22(16-3-1-8-26-21(16)25)28-18-6-7-19(29-23(18)31)30-10-2-9-27-30;1-2/h1-11,17H,12H2,(H2,25,26);1-2H3. The SMILES string of the molecule is CC.Nc1ncccc1-c1nc2ccc(-n3cccn3)nc2n1-c1ccc2c(c1)CC(F)C2=O. The molecule has 34 heavy (non-hydrogen) atoms. The van der Waals surface area contributed by atoms with Crippen molar-refractivity contribution in [3.63, 3.8) is 0 Å². The van der Waals surface area contributed by atoms with Gasteiger partial charge in [-0.2, -0.15) is 5.10 Å². The van der Waals surface area contributed by atoms with Crippen LogP contribution in [0.4, 0.5) is 10.2 Å². The van der Waals surface area contributed by atoms with E-state index in [1.165, 1.54) is 0 Å². The third-order valence-corrected chi connectivity index (χ3v) is 5.60. The molecular weight excluding hydrogens is 433 g/mol. The molecule has 0 radical (unpaired) electrons. The highest BCUT2D eigenvalue weighted by Gasteiger charge is 2.31. The van der Waals surface area contributed by atoms with E-state index in [0.29, 0.717) is 51.0 Å². The molecule has 9 heteroatoms. The average molecular weight is 455 g/mol. The Labute approximate surface area is 194 Å². The third-order valence-electron chi connectivity index (χ3n) is 5.60. The zero-order chi connectivity index (χ0) is 23.8. The van der Waals surface area contributed by atoms with Crippen LogP contribution in [-0.4, -0.2) is 41.3 Å². The summed E-state index contributed by atoms with van der Waals surface area (Å²) in [6, 6.07) is 14.4. The molecule has 1 aliphatic rings. The van der Waals surface area contributed by atoms with E-state index < -0.39 is 12.0 Å². The van der Waals surface area contributed by atoms with E-state index in [-0.39, 0.29) is 6.42 Å². The minimum absolute atomic E-state index is 0.0605. The number of benzene rings is 1. The fourth-order valence-electron chi connectivity index (χ4n) is 4.09. The number of carbonyl (C=O) groups is 1. The maximum atomic E-state index is 14.0. The Bertz CT molecular complexity index is 1510. The van der Waals surface area contributed by atoms with Gasteiger partial charge in [-0.3, -0.25) is 9.36 Å². The summed E-state index contributed by atoms with van der Waals surface area (Å²) in [5, 5.41) is 4.25. The number of nitrogen functional groups attached to an aromatic ring is 1. The van der Waals surface area contributed by atoms with Crippen LogP contribution in [0, 0.1) is 0 Å². The summed E-state index contributed by atoms with van der Waals surface area (Å²) in [6.07, 6.45) is 3.65. The van der Waals surface area contributed by atoms with E-state index >= 15 is 0 Å². The maximum absolute atomic E-state index is 14.0. The van der Waals surface area contributed by atoms with Crippen LogP contribution in [0.15, 0.2) is 67.1 Å². The molecule has 4 heterocycles. The Morgan fingerprint density at radius 1 is 1.03 bits per heavy atom. The number of carbonyl (C=O) groups excluding carboxylic acids is 1. The van der Waals surface area contributed by atoms with Crippen LogP contribution in [0.1, 0.15) is 29.8 Å². The first-order chi connectivity index (χ1) is 16.6. The molecule has 1 aromatic carbocycles. The molecule has 0 saturated heterocycles. The Hall–Kier alpha value is -4.40. The predicted molar refractivity (Wildman–Crippen MR) is 128 cm³/mol. The van der Waals surface area contributed by atoms with Crippen LogP contribution in [0.2, 0.25) is 0 Å². The number of nitrogens with zero attached hydrogens (tertiary/aromatic N) is 6. The molecule has 0 amide bonds. The zero-order valence-corrected chi connectivity index (χ0v) is 18.7. The number of anilines is 1. The second-order valence-corrected chi connectivity index (χ2v) is 7.55. The number of hydrogen-bond donors (Lipinski definition) is 1. The van der Waals surface area contributed by atoms with Crippen molar-refractivity contribution < 1.29 is 9.18 Å². The maximum Gasteiger partial charge on any atom is 0.197 e. The van der Waals surface area contributed by atoms with Crippen LogP contribution in [0.5, 0.6) is 0 Å². The lowest BCUT2D eigenvalue weighted by molar-refractivity contribution is 0.0899. The third kappa shape index (κ3) is 3.42. The fraction of sp³-hybridized carbons (Fsp3) is 0.160. The van der Waals surface area contributed by atoms with Crippen LogP contribution in [0.3, 0.4) is 0 Å². The lowest BCUT2D eigenvalue weighted by Crippen LogP contribution is -2.08. The number of halogens is 1. The van der Waals surface area contributed by atoms with Gasteiger partial charge in [0.2, 0.25) is 0 Å². The average Bonchev–Trinajstić information content (AvgIpc) is 3.58. The Balaban J connectivity index is 0.00000117. The number of fused-ring (bicyclic) bond motifs is 2. The number of alkyl halides is 1. The summed E-state index contributed by atoms with van der Waals surface area (Å²) in [6.45, 7) is 4.00. The van der Waals surface area contributed by atoms with Gasteiger partial charge >= 0.3 is 0 Å². The summed E-state index contributed by atoms with van der Waals surface area (Å²) in [5.74, 6) is 1.03. The molecule has 0 saturated carbocycles. The first kappa shape index (κ1) is 21.4. The summed E-state index contributed by atoms with van der Waals surface area (Å²) < 4.78 is 17.5. The molecule has 170 valence electrons. The summed E-state index contributed by atoms with van der Waals surface area (Å²) in [7, 11) is 0. The van der Waals surface area contributed by atoms with E-state index in [0.717, 1.165) is 0 Å². The number of pyridine rings is 2. The topological polar surface area (TPSA) is 105 Å². The van der Waals surface area contributed by atoms with E-state index in [1.54, 1.807) is 41.5 Å². The van der Waals surface area contributed by atoms with E-state index in [1.807, 2.05) is 48.7 Å².